The molecule has 0 saturated heterocycles. The Bertz CT molecular complexity index is 697. The lowest BCUT2D eigenvalue weighted by Crippen LogP contribution is -2.06. The molecule has 1 aromatic carbocycles. The van der Waals surface area contributed by atoms with Crippen molar-refractivity contribution in [1.29, 1.82) is 0 Å². The minimum atomic E-state index is 0.157. The van der Waals surface area contributed by atoms with E-state index in [-0.39, 0.29) is 6.04 Å². The Hall–Kier alpha value is -1.65. The number of nitrogens with one attached hydrogen (secondary N) is 1. The van der Waals surface area contributed by atoms with Crippen molar-refractivity contribution in [2.45, 2.75) is 13.0 Å². The Kier molecular flexibility index (Phi) is 3.36. The minimum Gasteiger partial charge on any atom is -0.376 e. The number of hydrogen-bond donors (Lipinski definition) is 1. The van der Waals surface area contributed by atoms with E-state index < -0.39 is 0 Å². The third-order valence-electron chi connectivity index (χ3n) is 2.91. The van der Waals surface area contributed by atoms with Crippen LogP contribution in [-0.2, 0) is 0 Å². The number of benzene rings is 1. The first kappa shape index (κ1) is 12.4. The number of aromatic nitrogens is 2. The number of rotatable bonds is 3. The van der Waals surface area contributed by atoms with Gasteiger partial charge in [0.25, 0.3) is 0 Å². The molecule has 2 aromatic heterocycles. The third-order valence-corrected chi connectivity index (χ3v) is 4.18. The number of hydrogen-bond acceptors (Lipinski definition) is 4. The quantitative estimate of drug-likeness (QED) is 0.770. The highest BCUT2D eigenvalue weighted by Gasteiger charge is 2.11. The number of fused-ring (bicyclic) bond motifs is 1. The van der Waals surface area contributed by atoms with Gasteiger partial charge in [-0.25, -0.2) is 4.98 Å². The van der Waals surface area contributed by atoms with Gasteiger partial charge >= 0.3 is 0 Å². The first-order valence-electron chi connectivity index (χ1n) is 5.95. The van der Waals surface area contributed by atoms with E-state index >= 15 is 0 Å². The SMILES string of the molecule is CC(Nc1ccc(Cl)c2ncccc12)c1nccs1. The molecule has 19 heavy (non-hydrogen) atoms. The van der Waals surface area contributed by atoms with Crippen LogP contribution in [0.3, 0.4) is 0 Å². The monoisotopic (exact) mass is 289 g/mol. The Morgan fingerprint density at radius 1 is 1.21 bits per heavy atom. The Balaban J connectivity index is 2.00. The van der Waals surface area contributed by atoms with E-state index in [1.807, 2.05) is 35.8 Å². The molecule has 0 spiro atoms. The molecule has 0 radical (unpaired) electrons. The lowest BCUT2D eigenvalue weighted by molar-refractivity contribution is 0.871. The van der Waals surface area contributed by atoms with Gasteiger partial charge in [0.15, 0.2) is 0 Å². The third kappa shape index (κ3) is 2.41. The highest BCUT2D eigenvalue weighted by Crippen LogP contribution is 2.30. The minimum absolute atomic E-state index is 0.157. The number of halogens is 1. The molecule has 96 valence electrons. The van der Waals surface area contributed by atoms with E-state index in [0.29, 0.717) is 5.02 Å². The first-order valence-corrected chi connectivity index (χ1v) is 7.20. The zero-order chi connectivity index (χ0) is 13.2. The number of thiazole rings is 1. The van der Waals surface area contributed by atoms with Crippen LogP contribution >= 0.6 is 22.9 Å². The maximum atomic E-state index is 6.16. The van der Waals surface area contributed by atoms with Crippen LogP contribution in [-0.4, -0.2) is 9.97 Å². The van der Waals surface area contributed by atoms with Crippen molar-refractivity contribution in [2.75, 3.05) is 5.32 Å². The summed E-state index contributed by atoms with van der Waals surface area (Å²) in [6.07, 6.45) is 3.57. The Labute approximate surface area is 120 Å². The average Bonchev–Trinajstić information content (AvgIpc) is 2.96. The second-order valence-corrected chi connectivity index (χ2v) is 5.56. The van der Waals surface area contributed by atoms with Gasteiger partial charge in [0, 0.05) is 28.8 Å². The molecule has 0 bridgehead atoms. The molecule has 5 heteroatoms. The summed E-state index contributed by atoms with van der Waals surface area (Å²) in [5, 5.41) is 8.20. The first-order chi connectivity index (χ1) is 9.25. The van der Waals surface area contributed by atoms with E-state index in [2.05, 4.69) is 22.2 Å². The van der Waals surface area contributed by atoms with Crippen LogP contribution in [0.1, 0.15) is 18.0 Å². The zero-order valence-electron chi connectivity index (χ0n) is 10.3. The van der Waals surface area contributed by atoms with Crippen molar-refractivity contribution in [2.24, 2.45) is 0 Å². The highest BCUT2D eigenvalue weighted by molar-refractivity contribution is 7.09. The predicted octanol–water partition coefficient (Wildman–Crippen LogP) is 4.52. The molecule has 1 atom stereocenters. The van der Waals surface area contributed by atoms with E-state index in [4.69, 9.17) is 11.6 Å². The second-order valence-electron chi connectivity index (χ2n) is 4.23. The normalized spacial score (nSPS) is 12.5. The topological polar surface area (TPSA) is 37.8 Å². The largest absolute Gasteiger partial charge is 0.376 e. The van der Waals surface area contributed by atoms with Gasteiger partial charge < -0.3 is 5.32 Å². The van der Waals surface area contributed by atoms with E-state index in [0.717, 1.165) is 21.6 Å². The van der Waals surface area contributed by atoms with Crippen molar-refractivity contribution >= 4 is 39.5 Å². The van der Waals surface area contributed by atoms with Gasteiger partial charge in [-0.05, 0) is 31.2 Å². The van der Waals surface area contributed by atoms with Gasteiger partial charge in [0.2, 0.25) is 0 Å². The molecule has 1 unspecified atom stereocenters. The van der Waals surface area contributed by atoms with Crippen LogP contribution in [0.5, 0.6) is 0 Å². The summed E-state index contributed by atoms with van der Waals surface area (Å²) in [7, 11) is 0. The molecule has 0 fully saturated rings. The highest BCUT2D eigenvalue weighted by atomic mass is 35.5. The van der Waals surface area contributed by atoms with Gasteiger partial charge in [-0.2, -0.15) is 0 Å². The molecule has 2 heterocycles. The van der Waals surface area contributed by atoms with Crippen molar-refractivity contribution in [3.05, 3.63) is 52.1 Å². The average molecular weight is 290 g/mol. The number of anilines is 1. The predicted molar refractivity (Wildman–Crippen MR) is 80.9 cm³/mol. The molecule has 0 aliphatic carbocycles. The van der Waals surface area contributed by atoms with E-state index in [9.17, 15) is 0 Å². The number of pyridine rings is 1. The van der Waals surface area contributed by atoms with Gasteiger partial charge in [-0.15, -0.1) is 11.3 Å². The molecular weight excluding hydrogens is 278 g/mol. The molecule has 0 aliphatic rings. The van der Waals surface area contributed by atoms with Gasteiger partial charge in [0.05, 0.1) is 16.6 Å². The zero-order valence-corrected chi connectivity index (χ0v) is 11.9. The Morgan fingerprint density at radius 3 is 2.89 bits per heavy atom. The molecule has 3 nitrogen and oxygen atoms in total. The molecular formula is C14H12ClN3S. The Morgan fingerprint density at radius 2 is 2.11 bits per heavy atom. The summed E-state index contributed by atoms with van der Waals surface area (Å²) in [5.74, 6) is 0. The van der Waals surface area contributed by atoms with E-state index in [1.54, 1.807) is 17.5 Å². The molecule has 1 N–H and O–H groups in total. The fraction of sp³-hybridized carbons (Fsp3) is 0.143. The second kappa shape index (κ2) is 5.15. The lowest BCUT2D eigenvalue weighted by atomic mass is 10.1. The van der Waals surface area contributed by atoms with Crippen LogP contribution in [0.15, 0.2) is 42.0 Å². The fourth-order valence-corrected chi connectivity index (χ4v) is 2.87. The lowest BCUT2D eigenvalue weighted by Gasteiger charge is -2.15. The van der Waals surface area contributed by atoms with Gasteiger partial charge in [0.1, 0.15) is 5.01 Å². The summed E-state index contributed by atoms with van der Waals surface area (Å²) in [4.78, 5) is 8.65. The van der Waals surface area contributed by atoms with Crippen LogP contribution in [0.25, 0.3) is 10.9 Å². The molecule has 0 amide bonds. The summed E-state index contributed by atoms with van der Waals surface area (Å²) in [6, 6.07) is 7.94. The molecule has 0 aliphatic heterocycles. The van der Waals surface area contributed by atoms with Crippen LogP contribution in [0, 0.1) is 0 Å². The fourth-order valence-electron chi connectivity index (χ4n) is 2.01. The van der Waals surface area contributed by atoms with Crippen LogP contribution < -0.4 is 5.32 Å². The van der Waals surface area contributed by atoms with Crippen molar-refractivity contribution in [3.8, 4) is 0 Å². The van der Waals surface area contributed by atoms with Crippen LogP contribution in [0.4, 0.5) is 5.69 Å². The summed E-state index contributed by atoms with van der Waals surface area (Å²) in [5.41, 5.74) is 1.84. The van der Waals surface area contributed by atoms with E-state index in [1.165, 1.54) is 0 Å². The van der Waals surface area contributed by atoms with Gasteiger partial charge in [-0.3, -0.25) is 4.98 Å². The molecule has 3 aromatic rings. The van der Waals surface area contributed by atoms with Gasteiger partial charge in [-0.1, -0.05) is 11.6 Å². The summed E-state index contributed by atoms with van der Waals surface area (Å²) < 4.78 is 0. The number of nitrogens with zero attached hydrogens (tertiary/aromatic N) is 2. The standard InChI is InChI=1S/C14H12ClN3S/c1-9(14-17-7-8-19-14)18-12-5-4-11(15)13-10(12)3-2-6-16-13/h2-9,18H,1H3. The van der Waals surface area contributed by atoms with Crippen molar-refractivity contribution < 1.29 is 0 Å². The molecule has 0 saturated carbocycles. The molecule has 3 rings (SSSR count). The summed E-state index contributed by atoms with van der Waals surface area (Å²) >= 11 is 7.81. The summed E-state index contributed by atoms with van der Waals surface area (Å²) in [6.45, 7) is 2.09. The maximum Gasteiger partial charge on any atom is 0.115 e. The van der Waals surface area contributed by atoms with Crippen molar-refractivity contribution in [3.63, 3.8) is 0 Å². The smallest absolute Gasteiger partial charge is 0.115 e. The maximum absolute atomic E-state index is 6.16. The van der Waals surface area contributed by atoms with Crippen molar-refractivity contribution in [1.82, 2.24) is 9.97 Å². The van der Waals surface area contributed by atoms with Crippen LogP contribution in [0.2, 0.25) is 5.02 Å².